The molecule has 18 nitrogen and oxygen atoms in total. The van der Waals surface area contributed by atoms with E-state index in [4.69, 9.17) is 19.1 Å². The maximum absolute atomic E-state index is 12.1. The third-order valence-electron chi connectivity index (χ3n) is 5.68. The highest BCUT2D eigenvalue weighted by Crippen LogP contribution is 2.13. The third-order valence-corrected chi connectivity index (χ3v) is 7.85. The Morgan fingerprint density at radius 1 is 0.773 bits per heavy atom. The van der Waals surface area contributed by atoms with Gasteiger partial charge in [-0.2, -0.15) is 8.42 Å². The smallest absolute Gasteiger partial charge is 0.326 e. The standard InChI is InChI=1S/C24H41N3O15S2/c1-2-19(24(34)35)26-21(30)8-7-17(23(32)33)15-18(28)16-42-12-11-41-10-9-25-20(29)5-3-13-43(36,37)27-22(31)6-4-14-44(38,39)40/h17,19H,2-16H2,1H3,(H,25,29)(H,26,30)(H,27,31)(H,32,33)(H,34,35)(H,38,39,40). The molecule has 0 aromatic heterocycles. The van der Waals surface area contributed by atoms with Crippen molar-refractivity contribution < 1.29 is 69.8 Å². The molecule has 6 N–H and O–H groups in total. The van der Waals surface area contributed by atoms with E-state index in [9.17, 15) is 50.7 Å². The number of ether oxygens (including phenoxy) is 2. The zero-order valence-corrected chi connectivity index (χ0v) is 26.0. The van der Waals surface area contributed by atoms with E-state index in [-0.39, 0.29) is 77.9 Å². The molecule has 0 aliphatic heterocycles. The van der Waals surface area contributed by atoms with Crippen LogP contribution in [-0.2, 0) is 58.4 Å². The fraction of sp³-hybridized carbons (Fsp3) is 0.750. The van der Waals surface area contributed by atoms with Gasteiger partial charge < -0.3 is 30.3 Å². The summed E-state index contributed by atoms with van der Waals surface area (Å²) in [5, 5.41) is 23.0. The van der Waals surface area contributed by atoms with E-state index < -0.39 is 85.5 Å². The fourth-order valence-electron chi connectivity index (χ4n) is 3.43. The van der Waals surface area contributed by atoms with Crippen molar-refractivity contribution in [3.63, 3.8) is 0 Å². The zero-order valence-electron chi connectivity index (χ0n) is 24.3. The Bertz CT molecular complexity index is 1190. The van der Waals surface area contributed by atoms with Crippen molar-refractivity contribution in [3.8, 4) is 0 Å². The molecule has 0 aliphatic carbocycles. The summed E-state index contributed by atoms with van der Waals surface area (Å²) in [5.74, 6) is -7.39. The molecule has 0 bridgehead atoms. The Hall–Kier alpha value is -3.20. The predicted molar refractivity (Wildman–Crippen MR) is 151 cm³/mol. The van der Waals surface area contributed by atoms with E-state index in [0.717, 1.165) is 0 Å². The van der Waals surface area contributed by atoms with Gasteiger partial charge in [0.25, 0.3) is 10.1 Å². The number of nitrogens with one attached hydrogen (secondary N) is 3. The number of Topliss-reactive ketones (excluding diaryl/α,β-unsaturated/α-hetero) is 1. The van der Waals surface area contributed by atoms with E-state index in [2.05, 4.69) is 10.6 Å². The summed E-state index contributed by atoms with van der Waals surface area (Å²) in [7, 11) is -8.29. The number of hydrogen-bond donors (Lipinski definition) is 6. The maximum atomic E-state index is 12.1. The molecular weight excluding hydrogens is 634 g/mol. The van der Waals surface area contributed by atoms with Gasteiger partial charge in [-0.15, -0.1) is 0 Å². The highest BCUT2D eigenvalue weighted by molar-refractivity contribution is 7.90. The second-order valence-corrected chi connectivity index (χ2v) is 12.9. The van der Waals surface area contributed by atoms with Gasteiger partial charge in [0, 0.05) is 32.2 Å². The summed E-state index contributed by atoms with van der Waals surface area (Å²) in [5.41, 5.74) is 0. The minimum Gasteiger partial charge on any atom is -0.481 e. The topological polar surface area (TPSA) is 286 Å². The predicted octanol–water partition coefficient (Wildman–Crippen LogP) is -1.55. The SMILES string of the molecule is CCC(NC(=O)CCC(CC(=O)COCCOCCNC(=O)CCCS(=O)(=O)NC(=O)CCCS(=O)(=O)O)C(=O)O)C(=O)O. The molecule has 0 aromatic carbocycles. The van der Waals surface area contributed by atoms with E-state index in [1.807, 2.05) is 0 Å². The molecule has 0 saturated carbocycles. The van der Waals surface area contributed by atoms with Crippen LogP contribution in [0.1, 0.15) is 58.3 Å². The number of carbonyl (C=O) groups is 6. The van der Waals surface area contributed by atoms with Gasteiger partial charge in [0.1, 0.15) is 12.6 Å². The second kappa shape index (κ2) is 21.5. The van der Waals surface area contributed by atoms with Gasteiger partial charge in [-0.1, -0.05) is 6.92 Å². The molecular formula is C24H41N3O15S2. The first-order chi connectivity index (χ1) is 20.5. The largest absolute Gasteiger partial charge is 0.481 e. The summed E-state index contributed by atoms with van der Waals surface area (Å²) >= 11 is 0. The molecule has 0 radical (unpaired) electrons. The Balaban J connectivity index is 4.03. The number of ketones is 1. The summed E-state index contributed by atoms with van der Waals surface area (Å²) in [6.45, 7) is 1.39. The molecule has 0 saturated heterocycles. The molecule has 0 spiro atoms. The van der Waals surface area contributed by atoms with Crippen molar-refractivity contribution >= 4 is 55.6 Å². The van der Waals surface area contributed by atoms with Crippen LogP contribution in [0.25, 0.3) is 0 Å². The fourth-order valence-corrected chi connectivity index (χ4v) is 5.01. The summed E-state index contributed by atoms with van der Waals surface area (Å²) in [6, 6.07) is -1.08. The van der Waals surface area contributed by atoms with Crippen LogP contribution < -0.4 is 15.4 Å². The van der Waals surface area contributed by atoms with Crippen molar-refractivity contribution in [2.45, 2.75) is 64.3 Å². The first-order valence-electron chi connectivity index (χ1n) is 13.6. The number of sulfonamides is 1. The maximum Gasteiger partial charge on any atom is 0.326 e. The number of carbonyl (C=O) groups excluding carboxylic acids is 4. The van der Waals surface area contributed by atoms with Gasteiger partial charge >= 0.3 is 11.9 Å². The Morgan fingerprint density at radius 3 is 1.98 bits per heavy atom. The lowest BCUT2D eigenvalue weighted by molar-refractivity contribution is -0.145. The number of carboxylic acids is 2. The summed E-state index contributed by atoms with van der Waals surface area (Å²) in [4.78, 5) is 69.7. The molecule has 44 heavy (non-hydrogen) atoms. The van der Waals surface area contributed by atoms with Crippen LogP contribution in [0, 0.1) is 5.92 Å². The van der Waals surface area contributed by atoms with Gasteiger partial charge in [0.2, 0.25) is 27.7 Å². The highest BCUT2D eigenvalue weighted by Gasteiger charge is 2.24. The van der Waals surface area contributed by atoms with Gasteiger partial charge in [0.15, 0.2) is 5.78 Å². The van der Waals surface area contributed by atoms with E-state index in [1.165, 1.54) is 0 Å². The minimum atomic E-state index is -4.26. The lowest BCUT2D eigenvalue weighted by atomic mass is 9.97. The molecule has 0 rings (SSSR count). The van der Waals surface area contributed by atoms with Gasteiger partial charge in [-0.3, -0.25) is 33.2 Å². The molecule has 0 heterocycles. The molecule has 20 heteroatoms. The van der Waals surface area contributed by atoms with Crippen LogP contribution in [-0.4, -0.2) is 118 Å². The number of carboxylic acid groups (broad SMARTS) is 2. The minimum absolute atomic E-state index is 0.00713. The Morgan fingerprint density at radius 2 is 1.39 bits per heavy atom. The van der Waals surface area contributed by atoms with Crippen molar-refractivity contribution in [3.05, 3.63) is 0 Å². The first kappa shape index (κ1) is 40.8. The number of amides is 3. The van der Waals surface area contributed by atoms with Gasteiger partial charge in [0.05, 0.1) is 37.2 Å². The normalized spacial score (nSPS) is 13.0. The van der Waals surface area contributed by atoms with Crippen LogP contribution in [0.2, 0.25) is 0 Å². The van der Waals surface area contributed by atoms with Crippen molar-refractivity contribution in [1.82, 2.24) is 15.4 Å². The number of aliphatic carboxylic acids is 2. The van der Waals surface area contributed by atoms with E-state index >= 15 is 0 Å². The molecule has 2 unspecified atom stereocenters. The Kier molecular flexibility index (Phi) is 19.9. The Labute approximate surface area is 255 Å². The molecule has 3 amide bonds. The molecule has 2 atom stereocenters. The van der Waals surface area contributed by atoms with Crippen LogP contribution in [0.3, 0.4) is 0 Å². The van der Waals surface area contributed by atoms with Gasteiger partial charge in [-0.05, 0) is 25.7 Å². The number of rotatable bonds is 26. The monoisotopic (exact) mass is 675 g/mol. The average Bonchev–Trinajstić information content (AvgIpc) is 2.89. The van der Waals surface area contributed by atoms with E-state index in [0.29, 0.717) is 0 Å². The highest BCUT2D eigenvalue weighted by atomic mass is 32.2. The quantitative estimate of drug-likeness (QED) is 0.0447. The second-order valence-electron chi connectivity index (χ2n) is 9.54. The lowest BCUT2D eigenvalue weighted by Crippen LogP contribution is -2.40. The van der Waals surface area contributed by atoms with Crippen LogP contribution in [0.4, 0.5) is 0 Å². The summed E-state index contributed by atoms with van der Waals surface area (Å²) in [6.07, 6.45) is -1.58. The summed E-state index contributed by atoms with van der Waals surface area (Å²) < 4.78 is 65.7. The van der Waals surface area contributed by atoms with Gasteiger partial charge in [-0.25, -0.2) is 13.2 Å². The lowest BCUT2D eigenvalue weighted by Gasteiger charge is -2.14. The van der Waals surface area contributed by atoms with Crippen molar-refractivity contribution in [2.75, 3.05) is 44.5 Å². The molecule has 0 fully saturated rings. The van der Waals surface area contributed by atoms with Crippen LogP contribution in [0.15, 0.2) is 0 Å². The van der Waals surface area contributed by atoms with Crippen LogP contribution >= 0.6 is 0 Å². The third kappa shape index (κ3) is 22.4. The number of hydrogen-bond acceptors (Lipinski definition) is 12. The molecule has 254 valence electrons. The molecule has 0 aromatic rings. The van der Waals surface area contributed by atoms with Crippen LogP contribution in [0.5, 0.6) is 0 Å². The van der Waals surface area contributed by atoms with E-state index in [1.54, 1.807) is 11.6 Å². The average molecular weight is 676 g/mol. The molecule has 0 aliphatic rings. The first-order valence-corrected chi connectivity index (χ1v) is 16.9. The van der Waals surface area contributed by atoms with Crippen molar-refractivity contribution in [2.24, 2.45) is 5.92 Å². The van der Waals surface area contributed by atoms with Crippen molar-refractivity contribution in [1.29, 1.82) is 0 Å². The zero-order chi connectivity index (χ0) is 33.8.